The van der Waals surface area contributed by atoms with E-state index in [9.17, 15) is 9.18 Å². The molecule has 19 heavy (non-hydrogen) atoms. The van der Waals surface area contributed by atoms with Crippen molar-refractivity contribution in [1.82, 2.24) is 0 Å². The zero-order valence-electron chi connectivity index (χ0n) is 10.6. The highest BCUT2D eigenvalue weighted by molar-refractivity contribution is 5.93. The van der Waals surface area contributed by atoms with Gasteiger partial charge >= 0.3 is 0 Å². The molecule has 0 saturated heterocycles. The number of rotatable bonds is 4. The van der Waals surface area contributed by atoms with Crippen molar-refractivity contribution in [3.8, 4) is 0 Å². The second kappa shape index (κ2) is 5.52. The number of carbonyl (C=O) groups excluding carboxylic acids is 1. The Morgan fingerprint density at radius 2 is 1.89 bits per heavy atom. The molecule has 0 aliphatic carbocycles. The minimum Gasteiger partial charge on any atom is -0.370 e. The highest BCUT2D eigenvalue weighted by atomic mass is 19.1. The summed E-state index contributed by atoms with van der Waals surface area (Å²) in [4.78, 5) is 13.1. The molecule has 0 aliphatic rings. The fourth-order valence-corrected chi connectivity index (χ4v) is 1.85. The van der Waals surface area contributed by atoms with Crippen molar-refractivity contribution in [1.29, 1.82) is 0 Å². The van der Waals surface area contributed by atoms with Gasteiger partial charge in [0, 0.05) is 24.8 Å². The molecule has 2 rings (SSSR count). The summed E-state index contributed by atoms with van der Waals surface area (Å²) >= 11 is 0. The summed E-state index contributed by atoms with van der Waals surface area (Å²) in [5, 5.41) is 0. The maximum Gasteiger partial charge on any atom is 0.248 e. The highest BCUT2D eigenvalue weighted by Gasteiger charge is 2.06. The summed E-state index contributed by atoms with van der Waals surface area (Å²) < 4.78 is 12.8. The summed E-state index contributed by atoms with van der Waals surface area (Å²) in [6.45, 7) is 0.627. The standard InChI is InChI=1S/C15H15FN2O/c1-18(10-11-5-7-13(16)8-6-11)14-4-2-3-12(9-14)15(17)19/h2-9H,10H2,1H3,(H2,17,19). The molecule has 0 atom stereocenters. The van der Waals surface area contributed by atoms with Crippen LogP contribution in [0.5, 0.6) is 0 Å². The second-order valence-corrected chi connectivity index (χ2v) is 4.40. The largest absolute Gasteiger partial charge is 0.370 e. The molecule has 3 nitrogen and oxygen atoms in total. The van der Waals surface area contributed by atoms with Crippen LogP contribution in [0.1, 0.15) is 15.9 Å². The number of anilines is 1. The normalized spacial score (nSPS) is 10.2. The summed E-state index contributed by atoms with van der Waals surface area (Å²) in [5.74, 6) is -0.695. The Hall–Kier alpha value is -2.36. The fraction of sp³-hybridized carbons (Fsp3) is 0.133. The molecule has 2 aromatic rings. The maximum atomic E-state index is 12.8. The maximum absolute atomic E-state index is 12.8. The molecule has 0 unspecified atom stereocenters. The Morgan fingerprint density at radius 3 is 2.53 bits per heavy atom. The Labute approximate surface area is 111 Å². The number of nitrogens with zero attached hydrogens (tertiary/aromatic N) is 1. The van der Waals surface area contributed by atoms with Crippen molar-refractivity contribution in [2.75, 3.05) is 11.9 Å². The smallest absolute Gasteiger partial charge is 0.248 e. The van der Waals surface area contributed by atoms with Crippen molar-refractivity contribution in [2.24, 2.45) is 5.73 Å². The molecule has 2 N–H and O–H groups in total. The third-order valence-electron chi connectivity index (χ3n) is 2.90. The lowest BCUT2D eigenvalue weighted by Crippen LogP contribution is -2.18. The van der Waals surface area contributed by atoms with E-state index in [0.717, 1.165) is 11.3 Å². The molecule has 0 saturated carbocycles. The first-order valence-corrected chi connectivity index (χ1v) is 5.92. The van der Waals surface area contributed by atoms with E-state index >= 15 is 0 Å². The van der Waals surface area contributed by atoms with Crippen LogP contribution in [0.15, 0.2) is 48.5 Å². The molecular weight excluding hydrogens is 243 g/mol. The van der Waals surface area contributed by atoms with Crippen LogP contribution < -0.4 is 10.6 Å². The van der Waals surface area contributed by atoms with Crippen LogP contribution in [0.3, 0.4) is 0 Å². The molecule has 0 aliphatic heterocycles. The number of amides is 1. The van der Waals surface area contributed by atoms with Crippen LogP contribution in [-0.2, 0) is 6.54 Å². The molecule has 0 heterocycles. The number of hydrogen-bond acceptors (Lipinski definition) is 2. The van der Waals surface area contributed by atoms with E-state index in [1.807, 2.05) is 18.0 Å². The first-order chi connectivity index (χ1) is 9.06. The molecule has 1 amide bonds. The molecule has 4 heteroatoms. The van der Waals surface area contributed by atoms with Gasteiger partial charge in [-0.25, -0.2) is 4.39 Å². The average Bonchev–Trinajstić information content (AvgIpc) is 2.41. The molecule has 0 radical (unpaired) electrons. The first kappa shape index (κ1) is 13.1. The SMILES string of the molecule is CN(Cc1ccc(F)cc1)c1cccc(C(N)=O)c1. The van der Waals surface area contributed by atoms with Gasteiger partial charge in [-0.05, 0) is 35.9 Å². The number of halogens is 1. The quantitative estimate of drug-likeness (QED) is 0.916. The van der Waals surface area contributed by atoms with E-state index in [0.29, 0.717) is 12.1 Å². The molecule has 0 bridgehead atoms. The van der Waals surface area contributed by atoms with Gasteiger partial charge < -0.3 is 10.6 Å². The van der Waals surface area contributed by atoms with E-state index in [-0.39, 0.29) is 5.82 Å². The lowest BCUT2D eigenvalue weighted by atomic mass is 10.1. The zero-order valence-corrected chi connectivity index (χ0v) is 10.6. The molecule has 0 aromatic heterocycles. The van der Waals surface area contributed by atoms with Gasteiger partial charge in [0.2, 0.25) is 5.91 Å². The van der Waals surface area contributed by atoms with Gasteiger partial charge in [0.15, 0.2) is 0 Å². The predicted octanol–water partition coefficient (Wildman–Crippen LogP) is 2.56. The monoisotopic (exact) mass is 258 g/mol. The van der Waals surface area contributed by atoms with Gasteiger partial charge in [0.05, 0.1) is 0 Å². The average molecular weight is 258 g/mol. The van der Waals surface area contributed by atoms with Crippen LogP contribution in [0.4, 0.5) is 10.1 Å². The lowest BCUT2D eigenvalue weighted by molar-refractivity contribution is 0.100. The van der Waals surface area contributed by atoms with E-state index < -0.39 is 5.91 Å². The molecule has 98 valence electrons. The number of primary amides is 1. The number of benzene rings is 2. The number of carbonyl (C=O) groups is 1. The second-order valence-electron chi connectivity index (χ2n) is 4.40. The van der Waals surface area contributed by atoms with Gasteiger partial charge in [0.25, 0.3) is 0 Å². The van der Waals surface area contributed by atoms with Crippen LogP contribution in [-0.4, -0.2) is 13.0 Å². The van der Waals surface area contributed by atoms with Crippen LogP contribution in [0, 0.1) is 5.82 Å². The van der Waals surface area contributed by atoms with E-state index in [4.69, 9.17) is 5.73 Å². The van der Waals surface area contributed by atoms with Crippen LogP contribution >= 0.6 is 0 Å². The Balaban J connectivity index is 2.15. The van der Waals surface area contributed by atoms with Crippen LogP contribution in [0.25, 0.3) is 0 Å². The summed E-state index contributed by atoms with van der Waals surface area (Å²) in [7, 11) is 1.91. The zero-order chi connectivity index (χ0) is 13.8. The van der Waals surface area contributed by atoms with E-state index in [1.165, 1.54) is 12.1 Å². The number of hydrogen-bond donors (Lipinski definition) is 1. The van der Waals surface area contributed by atoms with Gasteiger partial charge in [-0.15, -0.1) is 0 Å². The minimum absolute atomic E-state index is 0.248. The van der Waals surface area contributed by atoms with Gasteiger partial charge in [-0.2, -0.15) is 0 Å². The Morgan fingerprint density at radius 1 is 1.21 bits per heavy atom. The number of nitrogens with two attached hydrogens (primary N) is 1. The molecule has 2 aromatic carbocycles. The highest BCUT2D eigenvalue weighted by Crippen LogP contribution is 2.17. The van der Waals surface area contributed by atoms with Crippen molar-refractivity contribution < 1.29 is 9.18 Å². The van der Waals surface area contributed by atoms with E-state index in [2.05, 4.69) is 0 Å². The topological polar surface area (TPSA) is 46.3 Å². The van der Waals surface area contributed by atoms with Crippen molar-refractivity contribution >= 4 is 11.6 Å². The van der Waals surface area contributed by atoms with Crippen LogP contribution in [0.2, 0.25) is 0 Å². The third-order valence-corrected chi connectivity index (χ3v) is 2.90. The fourth-order valence-electron chi connectivity index (χ4n) is 1.85. The summed E-state index contributed by atoms with van der Waals surface area (Å²) in [5.41, 5.74) is 7.61. The lowest BCUT2D eigenvalue weighted by Gasteiger charge is -2.19. The molecular formula is C15H15FN2O. The Kier molecular flexibility index (Phi) is 3.80. The van der Waals surface area contributed by atoms with E-state index in [1.54, 1.807) is 30.3 Å². The van der Waals surface area contributed by atoms with Crippen molar-refractivity contribution in [3.05, 3.63) is 65.5 Å². The first-order valence-electron chi connectivity index (χ1n) is 5.92. The minimum atomic E-state index is -0.447. The van der Waals surface area contributed by atoms with Crippen molar-refractivity contribution in [2.45, 2.75) is 6.54 Å². The predicted molar refractivity (Wildman–Crippen MR) is 73.5 cm³/mol. The summed E-state index contributed by atoms with van der Waals surface area (Å²) in [6.07, 6.45) is 0. The van der Waals surface area contributed by atoms with Gasteiger partial charge in [0.1, 0.15) is 5.82 Å². The molecule has 0 fully saturated rings. The van der Waals surface area contributed by atoms with Gasteiger partial charge in [-0.1, -0.05) is 18.2 Å². The summed E-state index contributed by atoms with van der Waals surface area (Å²) in [6, 6.07) is 13.5. The van der Waals surface area contributed by atoms with Gasteiger partial charge in [-0.3, -0.25) is 4.79 Å². The van der Waals surface area contributed by atoms with Crippen molar-refractivity contribution in [3.63, 3.8) is 0 Å². The molecule has 0 spiro atoms. The third kappa shape index (κ3) is 3.31. The Bertz CT molecular complexity index is 581.